The molecular weight excluding hydrogens is 184 g/mol. The van der Waals surface area contributed by atoms with Gasteiger partial charge < -0.3 is 10.6 Å². The lowest BCUT2D eigenvalue weighted by Gasteiger charge is -2.23. The van der Waals surface area contributed by atoms with E-state index in [2.05, 4.69) is 6.92 Å². The van der Waals surface area contributed by atoms with E-state index in [1.54, 1.807) is 0 Å². The fourth-order valence-corrected chi connectivity index (χ4v) is 1.96. The van der Waals surface area contributed by atoms with Gasteiger partial charge in [-0.3, -0.25) is 4.79 Å². The van der Waals surface area contributed by atoms with Gasteiger partial charge in [0, 0.05) is 12.6 Å². The number of likely N-dealkylation sites (tertiary alicyclic amines) is 1. The minimum absolute atomic E-state index is 0.0943. The monoisotopic (exact) mass is 200 g/mol. The second-order valence-corrected chi connectivity index (χ2v) is 3.96. The van der Waals surface area contributed by atoms with Crippen molar-refractivity contribution in [1.82, 2.24) is 4.90 Å². The SMILES string of the molecule is CCC1CCCN1C(=O)CC(N)=S. The fourth-order valence-electron chi connectivity index (χ4n) is 1.84. The van der Waals surface area contributed by atoms with E-state index in [-0.39, 0.29) is 12.3 Å². The predicted octanol–water partition coefficient (Wildman–Crippen LogP) is 1.06. The van der Waals surface area contributed by atoms with Crippen LogP contribution in [0.5, 0.6) is 0 Å². The number of nitrogens with zero attached hydrogens (tertiary/aromatic N) is 1. The zero-order chi connectivity index (χ0) is 9.84. The maximum Gasteiger partial charge on any atom is 0.229 e. The van der Waals surface area contributed by atoms with Gasteiger partial charge in [-0.1, -0.05) is 19.1 Å². The molecule has 0 bridgehead atoms. The lowest BCUT2D eigenvalue weighted by atomic mass is 10.1. The van der Waals surface area contributed by atoms with Crippen molar-refractivity contribution < 1.29 is 4.79 Å². The molecule has 2 N–H and O–H groups in total. The molecule has 1 fully saturated rings. The van der Waals surface area contributed by atoms with Crippen LogP contribution in [0.25, 0.3) is 0 Å². The van der Waals surface area contributed by atoms with Gasteiger partial charge in [0.05, 0.1) is 11.4 Å². The minimum Gasteiger partial charge on any atom is -0.393 e. The van der Waals surface area contributed by atoms with E-state index in [1.807, 2.05) is 4.90 Å². The molecule has 1 aliphatic rings. The van der Waals surface area contributed by atoms with Gasteiger partial charge >= 0.3 is 0 Å². The first-order valence-corrected chi connectivity index (χ1v) is 5.13. The maximum absolute atomic E-state index is 11.6. The molecule has 1 heterocycles. The van der Waals surface area contributed by atoms with E-state index in [4.69, 9.17) is 18.0 Å². The Hall–Kier alpha value is -0.640. The summed E-state index contributed by atoms with van der Waals surface area (Å²) >= 11 is 4.71. The first kappa shape index (κ1) is 10.4. The topological polar surface area (TPSA) is 46.3 Å². The average molecular weight is 200 g/mol. The quantitative estimate of drug-likeness (QED) is 0.693. The highest BCUT2D eigenvalue weighted by atomic mass is 32.1. The third-order valence-electron chi connectivity index (χ3n) is 2.49. The molecule has 0 radical (unpaired) electrons. The van der Waals surface area contributed by atoms with Gasteiger partial charge in [-0.25, -0.2) is 0 Å². The normalized spacial score (nSPS) is 21.9. The number of hydrogen-bond donors (Lipinski definition) is 1. The molecule has 0 spiro atoms. The van der Waals surface area contributed by atoms with Gasteiger partial charge in [0.25, 0.3) is 0 Å². The van der Waals surface area contributed by atoms with Gasteiger partial charge in [0.15, 0.2) is 0 Å². The highest BCUT2D eigenvalue weighted by molar-refractivity contribution is 7.80. The van der Waals surface area contributed by atoms with E-state index in [1.165, 1.54) is 0 Å². The summed E-state index contributed by atoms with van der Waals surface area (Å²) in [7, 11) is 0. The Kier molecular flexibility index (Phi) is 3.66. The van der Waals surface area contributed by atoms with Crippen LogP contribution in [0.3, 0.4) is 0 Å². The Balaban J connectivity index is 2.50. The van der Waals surface area contributed by atoms with Crippen LogP contribution in [0.1, 0.15) is 32.6 Å². The van der Waals surface area contributed by atoms with Crippen LogP contribution in [0, 0.1) is 0 Å². The molecule has 0 aliphatic carbocycles. The Morgan fingerprint density at radius 2 is 2.38 bits per heavy atom. The molecule has 0 aromatic heterocycles. The molecule has 1 atom stereocenters. The van der Waals surface area contributed by atoms with Crippen molar-refractivity contribution in [1.29, 1.82) is 0 Å². The van der Waals surface area contributed by atoms with Crippen molar-refractivity contribution in [2.24, 2.45) is 5.73 Å². The number of hydrogen-bond acceptors (Lipinski definition) is 2. The minimum atomic E-state index is 0.0943. The van der Waals surface area contributed by atoms with Gasteiger partial charge in [-0.2, -0.15) is 0 Å². The van der Waals surface area contributed by atoms with Crippen LogP contribution < -0.4 is 5.73 Å². The first-order valence-electron chi connectivity index (χ1n) is 4.73. The number of carbonyl (C=O) groups excluding carboxylic acids is 1. The van der Waals surface area contributed by atoms with Gasteiger partial charge in [0.2, 0.25) is 5.91 Å². The third-order valence-corrected chi connectivity index (χ3v) is 2.64. The van der Waals surface area contributed by atoms with E-state index in [0.29, 0.717) is 11.0 Å². The Morgan fingerprint density at radius 1 is 1.69 bits per heavy atom. The smallest absolute Gasteiger partial charge is 0.229 e. The maximum atomic E-state index is 11.6. The van der Waals surface area contributed by atoms with Crippen molar-refractivity contribution in [3.05, 3.63) is 0 Å². The summed E-state index contributed by atoms with van der Waals surface area (Å²) in [6.07, 6.45) is 3.50. The predicted molar refractivity (Wildman–Crippen MR) is 56.4 cm³/mol. The summed E-state index contributed by atoms with van der Waals surface area (Å²) in [5.74, 6) is 0.0943. The van der Waals surface area contributed by atoms with E-state index >= 15 is 0 Å². The number of thiocarbonyl (C=S) groups is 1. The largest absolute Gasteiger partial charge is 0.393 e. The van der Waals surface area contributed by atoms with Crippen molar-refractivity contribution in [3.63, 3.8) is 0 Å². The number of rotatable bonds is 3. The molecule has 1 unspecified atom stereocenters. The van der Waals surface area contributed by atoms with E-state index in [0.717, 1.165) is 25.8 Å². The molecule has 1 saturated heterocycles. The van der Waals surface area contributed by atoms with Crippen molar-refractivity contribution in [2.45, 2.75) is 38.6 Å². The molecule has 1 rings (SSSR count). The Labute approximate surface area is 84.3 Å². The van der Waals surface area contributed by atoms with Crippen molar-refractivity contribution >= 4 is 23.1 Å². The van der Waals surface area contributed by atoms with Gasteiger partial charge in [-0.15, -0.1) is 0 Å². The zero-order valence-corrected chi connectivity index (χ0v) is 8.77. The van der Waals surface area contributed by atoms with Crippen LogP contribution >= 0.6 is 12.2 Å². The zero-order valence-electron chi connectivity index (χ0n) is 7.95. The molecule has 4 heteroatoms. The summed E-state index contributed by atoms with van der Waals surface area (Å²) < 4.78 is 0. The second kappa shape index (κ2) is 4.56. The first-order chi connectivity index (χ1) is 6.15. The van der Waals surface area contributed by atoms with Crippen LogP contribution in [0.2, 0.25) is 0 Å². The number of carbonyl (C=O) groups is 1. The molecule has 1 amide bonds. The fraction of sp³-hybridized carbons (Fsp3) is 0.778. The van der Waals surface area contributed by atoms with Crippen LogP contribution in [-0.4, -0.2) is 28.4 Å². The van der Waals surface area contributed by atoms with Crippen LogP contribution in [0.4, 0.5) is 0 Å². The summed E-state index contributed by atoms with van der Waals surface area (Å²) in [6.45, 7) is 2.98. The lowest BCUT2D eigenvalue weighted by molar-refractivity contribution is -0.130. The lowest BCUT2D eigenvalue weighted by Crippen LogP contribution is -2.36. The Morgan fingerprint density at radius 3 is 2.92 bits per heavy atom. The number of amides is 1. The molecule has 74 valence electrons. The molecule has 1 aliphatic heterocycles. The molecule has 3 nitrogen and oxygen atoms in total. The molecule has 13 heavy (non-hydrogen) atoms. The summed E-state index contributed by atoms with van der Waals surface area (Å²) in [5, 5.41) is 0. The van der Waals surface area contributed by atoms with Gasteiger partial charge in [0.1, 0.15) is 0 Å². The molecule has 0 aromatic carbocycles. The second-order valence-electron chi connectivity index (χ2n) is 3.43. The molecule has 0 saturated carbocycles. The number of nitrogens with two attached hydrogens (primary N) is 1. The summed E-state index contributed by atoms with van der Waals surface area (Å²) in [6, 6.07) is 0.418. The van der Waals surface area contributed by atoms with Crippen molar-refractivity contribution in [3.8, 4) is 0 Å². The standard InChI is InChI=1S/C9H16N2OS/c1-2-7-4-3-5-11(7)9(12)6-8(10)13/h7H,2-6H2,1H3,(H2,10,13). The average Bonchev–Trinajstić information content (AvgIpc) is 2.49. The Bertz CT molecular complexity index is 218. The highest BCUT2D eigenvalue weighted by Gasteiger charge is 2.26. The molecular formula is C9H16N2OS. The van der Waals surface area contributed by atoms with Crippen LogP contribution in [0.15, 0.2) is 0 Å². The van der Waals surface area contributed by atoms with Crippen LogP contribution in [-0.2, 0) is 4.79 Å². The van der Waals surface area contributed by atoms with Gasteiger partial charge in [-0.05, 0) is 19.3 Å². The highest BCUT2D eigenvalue weighted by Crippen LogP contribution is 2.20. The summed E-state index contributed by atoms with van der Waals surface area (Å²) in [4.78, 5) is 13.8. The molecule has 0 aromatic rings. The third kappa shape index (κ3) is 2.66. The van der Waals surface area contributed by atoms with E-state index in [9.17, 15) is 4.79 Å². The van der Waals surface area contributed by atoms with Crippen molar-refractivity contribution in [2.75, 3.05) is 6.54 Å². The summed E-state index contributed by atoms with van der Waals surface area (Å²) in [5.41, 5.74) is 5.33. The van der Waals surface area contributed by atoms with E-state index < -0.39 is 0 Å².